The van der Waals surface area contributed by atoms with Gasteiger partial charge in [-0.25, -0.2) is 19.3 Å². The van der Waals surface area contributed by atoms with Crippen molar-refractivity contribution < 1.29 is 9.13 Å². The molecule has 0 aliphatic rings. The topological polar surface area (TPSA) is 59.9 Å². The van der Waals surface area contributed by atoms with Crippen LogP contribution in [-0.4, -0.2) is 15.0 Å². The lowest BCUT2D eigenvalue weighted by atomic mass is 10.2. The van der Waals surface area contributed by atoms with Crippen LogP contribution in [0.5, 0.6) is 5.75 Å². The molecule has 0 aliphatic carbocycles. The first-order valence-corrected chi connectivity index (χ1v) is 8.56. The van der Waals surface area contributed by atoms with E-state index in [0.717, 1.165) is 16.6 Å². The van der Waals surface area contributed by atoms with Crippen LogP contribution in [0.3, 0.4) is 0 Å². The number of pyridine rings is 1. The Labute approximate surface area is 159 Å². The van der Waals surface area contributed by atoms with Crippen LogP contribution in [0.4, 0.5) is 15.9 Å². The number of halogens is 2. The molecule has 5 nitrogen and oxygen atoms in total. The summed E-state index contributed by atoms with van der Waals surface area (Å²) < 4.78 is 18.9. The molecule has 0 fully saturated rings. The van der Waals surface area contributed by atoms with Gasteiger partial charge in [0.2, 0.25) is 0 Å². The first-order valence-electron chi connectivity index (χ1n) is 8.18. The van der Waals surface area contributed by atoms with E-state index in [4.69, 9.17) is 16.3 Å². The SMILES string of the molecule is Fc1cccc(COc2ccc(Nc3ncnc4cnc(Cl)cc34)cc2)c1. The lowest BCUT2D eigenvalue weighted by Gasteiger charge is -2.10. The number of aromatic nitrogens is 3. The molecule has 7 heteroatoms. The highest BCUT2D eigenvalue weighted by Crippen LogP contribution is 2.25. The molecule has 2 aromatic carbocycles. The molecule has 0 bridgehead atoms. The van der Waals surface area contributed by atoms with E-state index < -0.39 is 0 Å². The van der Waals surface area contributed by atoms with Crippen molar-refractivity contribution >= 4 is 34.0 Å². The van der Waals surface area contributed by atoms with Crippen molar-refractivity contribution in [3.05, 3.63) is 83.7 Å². The van der Waals surface area contributed by atoms with Crippen molar-refractivity contribution in [3.63, 3.8) is 0 Å². The summed E-state index contributed by atoms with van der Waals surface area (Å²) in [6.45, 7) is 0.298. The van der Waals surface area contributed by atoms with Gasteiger partial charge in [-0.1, -0.05) is 23.7 Å². The number of nitrogens with zero attached hydrogens (tertiary/aromatic N) is 3. The van der Waals surface area contributed by atoms with Gasteiger partial charge in [-0.3, -0.25) is 0 Å². The highest BCUT2D eigenvalue weighted by Gasteiger charge is 2.06. The molecule has 4 rings (SSSR count). The second kappa shape index (κ2) is 7.55. The van der Waals surface area contributed by atoms with Gasteiger partial charge in [0.25, 0.3) is 0 Å². The third-order valence-electron chi connectivity index (χ3n) is 3.90. The molecule has 4 aromatic rings. The van der Waals surface area contributed by atoms with Gasteiger partial charge in [-0.05, 0) is 48.0 Å². The molecule has 0 unspecified atom stereocenters. The predicted molar refractivity (Wildman–Crippen MR) is 103 cm³/mol. The van der Waals surface area contributed by atoms with Gasteiger partial charge in [0.1, 0.15) is 35.5 Å². The summed E-state index contributed by atoms with van der Waals surface area (Å²) in [6.07, 6.45) is 3.07. The van der Waals surface area contributed by atoms with Gasteiger partial charge < -0.3 is 10.1 Å². The molecule has 1 N–H and O–H groups in total. The summed E-state index contributed by atoms with van der Waals surface area (Å²) in [5.41, 5.74) is 2.31. The number of anilines is 2. The smallest absolute Gasteiger partial charge is 0.141 e. The van der Waals surface area contributed by atoms with Crippen molar-refractivity contribution in [3.8, 4) is 5.75 Å². The Hall–Kier alpha value is -3.25. The Kier molecular flexibility index (Phi) is 4.80. The Bertz CT molecular complexity index is 1090. The summed E-state index contributed by atoms with van der Waals surface area (Å²) in [5, 5.41) is 4.40. The number of benzene rings is 2. The number of ether oxygens (including phenoxy) is 1. The van der Waals surface area contributed by atoms with Gasteiger partial charge in [0, 0.05) is 11.1 Å². The summed E-state index contributed by atoms with van der Waals surface area (Å²) >= 11 is 5.98. The van der Waals surface area contributed by atoms with Crippen LogP contribution in [-0.2, 0) is 6.61 Å². The summed E-state index contributed by atoms with van der Waals surface area (Å²) in [5.74, 6) is 1.05. The third-order valence-corrected chi connectivity index (χ3v) is 4.11. The highest BCUT2D eigenvalue weighted by atomic mass is 35.5. The average molecular weight is 381 g/mol. The fourth-order valence-corrected chi connectivity index (χ4v) is 2.76. The second-order valence-corrected chi connectivity index (χ2v) is 6.20. The van der Waals surface area contributed by atoms with E-state index in [1.54, 1.807) is 18.3 Å². The molecule has 27 heavy (non-hydrogen) atoms. The molecule has 0 spiro atoms. The minimum atomic E-state index is -0.275. The zero-order chi connectivity index (χ0) is 18.6. The minimum Gasteiger partial charge on any atom is -0.489 e. The highest BCUT2D eigenvalue weighted by molar-refractivity contribution is 6.30. The zero-order valence-corrected chi connectivity index (χ0v) is 14.8. The lowest BCUT2D eigenvalue weighted by molar-refractivity contribution is 0.305. The predicted octanol–water partition coefficient (Wildman–Crippen LogP) is 5.14. The zero-order valence-electron chi connectivity index (χ0n) is 14.1. The number of hydrogen-bond acceptors (Lipinski definition) is 5. The van der Waals surface area contributed by atoms with Gasteiger partial charge >= 0.3 is 0 Å². The summed E-state index contributed by atoms with van der Waals surface area (Å²) in [7, 11) is 0. The molecular formula is C20H14ClFN4O. The number of hydrogen-bond donors (Lipinski definition) is 1. The van der Waals surface area contributed by atoms with Crippen molar-refractivity contribution in [2.45, 2.75) is 6.61 Å². The van der Waals surface area contributed by atoms with Crippen LogP contribution in [0, 0.1) is 5.82 Å². The maximum atomic E-state index is 13.2. The van der Waals surface area contributed by atoms with Crippen molar-refractivity contribution in [2.75, 3.05) is 5.32 Å². The number of fused-ring (bicyclic) bond motifs is 1. The molecule has 0 radical (unpaired) electrons. The van der Waals surface area contributed by atoms with Crippen molar-refractivity contribution in [2.24, 2.45) is 0 Å². The molecule has 0 atom stereocenters. The van der Waals surface area contributed by atoms with E-state index in [1.807, 2.05) is 30.3 Å². The normalized spacial score (nSPS) is 10.7. The van der Waals surface area contributed by atoms with Crippen LogP contribution >= 0.6 is 11.6 Å². The monoisotopic (exact) mass is 380 g/mol. The Balaban J connectivity index is 1.47. The van der Waals surface area contributed by atoms with E-state index >= 15 is 0 Å². The van der Waals surface area contributed by atoms with Gasteiger partial charge in [0.15, 0.2) is 0 Å². The maximum absolute atomic E-state index is 13.2. The Morgan fingerprint density at radius 1 is 1.00 bits per heavy atom. The van der Waals surface area contributed by atoms with Crippen LogP contribution in [0.25, 0.3) is 10.9 Å². The molecule has 0 amide bonds. The molecule has 0 saturated carbocycles. The Morgan fingerprint density at radius 3 is 2.67 bits per heavy atom. The molecular weight excluding hydrogens is 367 g/mol. The molecule has 134 valence electrons. The standard InChI is InChI=1S/C20H14ClFN4O/c21-19-9-17-18(10-23-19)24-12-25-20(17)26-15-4-6-16(7-5-15)27-11-13-2-1-3-14(22)8-13/h1-10,12H,11H2,(H,24,25,26). The lowest BCUT2D eigenvalue weighted by Crippen LogP contribution is -1.98. The van der Waals surface area contributed by atoms with Crippen LogP contribution in [0.15, 0.2) is 67.1 Å². The molecule has 0 aliphatic heterocycles. The van der Waals surface area contributed by atoms with E-state index in [1.165, 1.54) is 18.5 Å². The second-order valence-electron chi connectivity index (χ2n) is 5.81. The summed E-state index contributed by atoms with van der Waals surface area (Å²) in [4.78, 5) is 12.5. The van der Waals surface area contributed by atoms with Crippen molar-refractivity contribution in [1.29, 1.82) is 0 Å². The molecule has 0 saturated heterocycles. The summed E-state index contributed by atoms with van der Waals surface area (Å²) in [6, 6.07) is 15.5. The molecule has 2 heterocycles. The van der Waals surface area contributed by atoms with Crippen LogP contribution in [0.1, 0.15) is 5.56 Å². The van der Waals surface area contributed by atoms with Gasteiger partial charge in [-0.15, -0.1) is 0 Å². The van der Waals surface area contributed by atoms with Crippen molar-refractivity contribution in [1.82, 2.24) is 15.0 Å². The first-order chi connectivity index (χ1) is 13.2. The van der Waals surface area contributed by atoms with E-state index in [2.05, 4.69) is 20.3 Å². The third kappa shape index (κ3) is 4.12. The quantitative estimate of drug-likeness (QED) is 0.486. The van der Waals surface area contributed by atoms with E-state index in [-0.39, 0.29) is 5.82 Å². The molecule has 2 aromatic heterocycles. The number of rotatable bonds is 5. The maximum Gasteiger partial charge on any atom is 0.141 e. The fraction of sp³-hybridized carbons (Fsp3) is 0.0500. The average Bonchev–Trinajstić information content (AvgIpc) is 2.68. The Morgan fingerprint density at radius 2 is 1.85 bits per heavy atom. The largest absolute Gasteiger partial charge is 0.489 e. The minimum absolute atomic E-state index is 0.275. The van der Waals surface area contributed by atoms with E-state index in [9.17, 15) is 4.39 Å². The number of nitrogens with one attached hydrogen (secondary N) is 1. The van der Waals surface area contributed by atoms with Crippen LogP contribution in [0.2, 0.25) is 5.15 Å². The van der Waals surface area contributed by atoms with Gasteiger partial charge in [-0.2, -0.15) is 0 Å². The fourth-order valence-electron chi connectivity index (χ4n) is 2.60. The van der Waals surface area contributed by atoms with Gasteiger partial charge in [0.05, 0.1) is 11.7 Å². The van der Waals surface area contributed by atoms with Crippen LogP contribution < -0.4 is 10.1 Å². The van der Waals surface area contributed by atoms with E-state index in [0.29, 0.717) is 28.8 Å². The first kappa shape index (κ1) is 17.2.